The van der Waals surface area contributed by atoms with Crippen molar-refractivity contribution in [1.82, 2.24) is 25.4 Å². The third kappa shape index (κ3) is 5.16. The van der Waals surface area contributed by atoms with Gasteiger partial charge in [0.1, 0.15) is 0 Å². The van der Waals surface area contributed by atoms with Crippen LogP contribution in [0, 0.1) is 0 Å². The minimum atomic E-state index is 0.0119. The number of carbonyl (C=O) groups excluding carboxylic acids is 2. The molecule has 2 aliphatic rings. The first-order valence-electron chi connectivity index (χ1n) is 9.05. The fourth-order valence-electron chi connectivity index (χ4n) is 3.19. The molecule has 0 bridgehead atoms. The maximum atomic E-state index is 12.7. The molecule has 2 heterocycles. The number of nitrogens with zero attached hydrogens (tertiary/aromatic N) is 3. The lowest BCUT2D eigenvalue weighted by atomic mass is 10.1. The highest BCUT2D eigenvalue weighted by Gasteiger charge is 2.34. The molecule has 1 saturated carbocycles. The average molecular weight is 345 g/mol. The number of likely N-dealkylation sites (N-methyl/N-ethyl adjacent to an activating group) is 1. The molecule has 0 unspecified atom stereocenters. The van der Waals surface area contributed by atoms with Crippen LogP contribution in [0.3, 0.4) is 0 Å². The number of hydrogen-bond acceptors (Lipinski definition) is 4. The molecule has 1 aromatic heterocycles. The van der Waals surface area contributed by atoms with Crippen molar-refractivity contribution in [3.8, 4) is 0 Å². The van der Waals surface area contributed by atoms with Crippen molar-refractivity contribution < 1.29 is 9.59 Å². The molecule has 2 fully saturated rings. The highest BCUT2D eigenvalue weighted by atomic mass is 16.2. The van der Waals surface area contributed by atoms with Crippen molar-refractivity contribution in [2.75, 3.05) is 26.7 Å². The Kier molecular flexibility index (Phi) is 5.86. The average Bonchev–Trinajstić information content (AvgIpc) is 3.47. The molecule has 1 aromatic rings. The fourth-order valence-corrected chi connectivity index (χ4v) is 3.19. The van der Waals surface area contributed by atoms with Crippen molar-refractivity contribution >= 4 is 11.9 Å². The molecule has 1 aliphatic carbocycles. The molecule has 7 nitrogen and oxygen atoms in total. The number of pyridine rings is 1. The normalized spacial score (nSPS) is 18.6. The van der Waals surface area contributed by atoms with E-state index in [0.29, 0.717) is 19.1 Å². The van der Waals surface area contributed by atoms with Crippen LogP contribution < -0.4 is 10.6 Å². The third-order valence-electron chi connectivity index (χ3n) is 4.87. The lowest BCUT2D eigenvalue weighted by Gasteiger charge is -2.33. The summed E-state index contributed by atoms with van der Waals surface area (Å²) in [7, 11) is 1.66. The van der Waals surface area contributed by atoms with Gasteiger partial charge in [-0.15, -0.1) is 0 Å². The molecular formula is C18H27N5O2. The van der Waals surface area contributed by atoms with Crippen LogP contribution in [0.15, 0.2) is 24.4 Å². The Morgan fingerprint density at radius 2 is 2.00 bits per heavy atom. The topological polar surface area (TPSA) is 77.6 Å². The van der Waals surface area contributed by atoms with Crippen LogP contribution in [-0.4, -0.2) is 65.5 Å². The molecule has 3 amide bonds. The minimum Gasteiger partial charge on any atom is -0.358 e. The van der Waals surface area contributed by atoms with Crippen molar-refractivity contribution in [2.24, 2.45) is 0 Å². The van der Waals surface area contributed by atoms with E-state index in [9.17, 15) is 9.59 Å². The van der Waals surface area contributed by atoms with Crippen LogP contribution in [0.2, 0.25) is 0 Å². The Bertz CT molecular complexity index is 582. The summed E-state index contributed by atoms with van der Waals surface area (Å²) in [5.74, 6) is 0.0396. The Morgan fingerprint density at radius 3 is 2.60 bits per heavy atom. The predicted octanol–water partition coefficient (Wildman–Crippen LogP) is 0.966. The lowest BCUT2D eigenvalue weighted by molar-refractivity contribution is -0.122. The number of urea groups is 1. The summed E-state index contributed by atoms with van der Waals surface area (Å²) in [5.41, 5.74) is 0.921. The van der Waals surface area contributed by atoms with Gasteiger partial charge in [0.2, 0.25) is 5.91 Å². The molecule has 1 aliphatic heterocycles. The number of amides is 3. The SMILES string of the molecule is CNC(=O)CN1CCC(NC(=O)N(Cc2ccccn2)C2CC2)CC1. The zero-order chi connectivity index (χ0) is 17.6. The molecule has 7 heteroatoms. The van der Waals surface area contributed by atoms with E-state index in [0.717, 1.165) is 44.5 Å². The summed E-state index contributed by atoms with van der Waals surface area (Å²) in [6.07, 6.45) is 5.67. The van der Waals surface area contributed by atoms with Gasteiger partial charge in [0.15, 0.2) is 0 Å². The highest BCUT2D eigenvalue weighted by molar-refractivity contribution is 5.77. The van der Waals surface area contributed by atoms with E-state index < -0.39 is 0 Å². The molecule has 0 spiro atoms. The van der Waals surface area contributed by atoms with Gasteiger partial charge in [0.25, 0.3) is 0 Å². The highest BCUT2D eigenvalue weighted by Crippen LogP contribution is 2.28. The summed E-state index contributed by atoms with van der Waals surface area (Å²) in [6.45, 7) is 2.67. The van der Waals surface area contributed by atoms with Gasteiger partial charge in [-0.05, 0) is 37.8 Å². The van der Waals surface area contributed by atoms with Crippen molar-refractivity contribution in [1.29, 1.82) is 0 Å². The number of piperidine rings is 1. The van der Waals surface area contributed by atoms with Gasteiger partial charge in [-0.3, -0.25) is 14.7 Å². The number of rotatable bonds is 6. The fraction of sp³-hybridized carbons (Fsp3) is 0.611. The van der Waals surface area contributed by atoms with Crippen molar-refractivity contribution in [3.05, 3.63) is 30.1 Å². The Balaban J connectivity index is 1.48. The van der Waals surface area contributed by atoms with Gasteiger partial charge < -0.3 is 15.5 Å². The van der Waals surface area contributed by atoms with E-state index in [4.69, 9.17) is 0 Å². The molecular weight excluding hydrogens is 318 g/mol. The molecule has 136 valence electrons. The monoisotopic (exact) mass is 345 g/mol. The first kappa shape index (κ1) is 17.7. The second-order valence-corrected chi connectivity index (χ2v) is 6.85. The Hall–Kier alpha value is -2.15. The first-order valence-corrected chi connectivity index (χ1v) is 9.05. The van der Waals surface area contributed by atoms with Gasteiger partial charge >= 0.3 is 6.03 Å². The van der Waals surface area contributed by atoms with E-state index in [2.05, 4.69) is 20.5 Å². The van der Waals surface area contributed by atoms with Crippen molar-refractivity contribution in [3.63, 3.8) is 0 Å². The zero-order valence-electron chi connectivity index (χ0n) is 14.8. The quantitative estimate of drug-likeness (QED) is 0.805. The van der Waals surface area contributed by atoms with Crippen LogP contribution in [0.5, 0.6) is 0 Å². The third-order valence-corrected chi connectivity index (χ3v) is 4.87. The van der Waals surface area contributed by atoms with E-state index in [-0.39, 0.29) is 18.0 Å². The van der Waals surface area contributed by atoms with Gasteiger partial charge in [-0.25, -0.2) is 4.79 Å². The second-order valence-electron chi connectivity index (χ2n) is 6.85. The number of carbonyl (C=O) groups is 2. The lowest BCUT2D eigenvalue weighted by Crippen LogP contribution is -2.50. The summed E-state index contributed by atoms with van der Waals surface area (Å²) in [6, 6.07) is 6.33. The number of hydrogen-bond donors (Lipinski definition) is 2. The van der Waals surface area contributed by atoms with E-state index >= 15 is 0 Å². The first-order chi connectivity index (χ1) is 12.2. The predicted molar refractivity (Wildman–Crippen MR) is 94.9 cm³/mol. The van der Waals surface area contributed by atoms with Crippen LogP contribution in [-0.2, 0) is 11.3 Å². The molecule has 0 atom stereocenters. The summed E-state index contributed by atoms with van der Waals surface area (Å²) in [5, 5.41) is 5.83. The smallest absolute Gasteiger partial charge is 0.318 e. The Labute approximate surface area is 148 Å². The minimum absolute atomic E-state index is 0.0119. The molecule has 3 rings (SSSR count). The van der Waals surface area contributed by atoms with Gasteiger partial charge in [-0.2, -0.15) is 0 Å². The van der Waals surface area contributed by atoms with Gasteiger partial charge in [0.05, 0.1) is 18.8 Å². The molecule has 2 N–H and O–H groups in total. The van der Waals surface area contributed by atoms with Crippen LogP contribution >= 0.6 is 0 Å². The second kappa shape index (κ2) is 8.29. The summed E-state index contributed by atoms with van der Waals surface area (Å²) < 4.78 is 0. The summed E-state index contributed by atoms with van der Waals surface area (Å²) >= 11 is 0. The van der Waals surface area contributed by atoms with Crippen molar-refractivity contribution in [2.45, 2.75) is 44.3 Å². The van der Waals surface area contributed by atoms with E-state index in [1.54, 1.807) is 13.2 Å². The zero-order valence-corrected chi connectivity index (χ0v) is 14.8. The maximum absolute atomic E-state index is 12.7. The van der Waals surface area contributed by atoms with Crippen LogP contribution in [0.1, 0.15) is 31.4 Å². The van der Waals surface area contributed by atoms with Gasteiger partial charge in [0, 0.05) is 38.4 Å². The van der Waals surface area contributed by atoms with Crippen LogP contribution in [0.25, 0.3) is 0 Å². The van der Waals surface area contributed by atoms with E-state index in [1.165, 1.54) is 0 Å². The molecule has 1 saturated heterocycles. The Morgan fingerprint density at radius 1 is 1.24 bits per heavy atom. The number of likely N-dealkylation sites (tertiary alicyclic amines) is 1. The van der Waals surface area contributed by atoms with E-state index in [1.807, 2.05) is 23.1 Å². The largest absolute Gasteiger partial charge is 0.358 e. The molecule has 0 radical (unpaired) electrons. The van der Waals surface area contributed by atoms with Crippen LogP contribution in [0.4, 0.5) is 4.79 Å². The molecule has 25 heavy (non-hydrogen) atoms. The number of aromatic nitrogens is 1. The number of nitrogens with one attached hydrogen (secondary N) is 2. The summed E-state index contributed by atoms with van der Waals surface area (Å²) in [4.78, 5) is 32.5. The standard InChI is InChI=1S/C18H27N5O2/c1-19-17(24)13-22-10-7-14(8-11-22)21-18(25)23(16-5-6-16)12-15-4-2-3-9-20-15/h2-4,9,14,16H,5-8,10-13H2,1H3,(H,19,24)(H,21,25). The molecule has 0 aromatic carbocycles. The maximum Gasteiger partial charge on any atom is 0.318 e. The van der Waals surface area contributed by atoms with Gasteiger partial charge in [-0.1, -0.05) is 6.07 Å².